The van der Waals surface area contributed by atoms with Gasteiger partial charge in [0.1, 0.15) is 0 Å². The molecular weight excluding hydrogens is 391 g/mol. The van der Waals surface area contributed by atoms with Crippen molar-refractivity contribution in [2.24, 2.45) is 0 Å². The highest BCUT2D eigenvalue weighted by Crippen LogP contribution is 2.09. The van der Waals surface area contributed by atoms with Gasteiger partial charge in [-0.3, -0.25) is 9.59 Å². The summed E-state index contributed by atoms with van der Waals surface area (Å²) in [6, 6.07) is 6.92. The number of nitrogens with one attached hydrogen (secondary N) is 3. The molecule has 1 aliphatic heterocycles. The van der Waals surface area contributed by atoms with Gasteiger partial charge in [-0.15, -0.1) is 24.8 Å². The van der Waals surface area contributed by atoms with Crippen LogP contribution < -0.4 is 16.0 Å². The van der Waals surface area contributed by atoms with Crippen molar-refractivity contribution in [3.63, 3.8) is 0 Å². The summed E-state index contributed by atoms with van der Waals surface area (Å²) in [5, 5.41) is 8.70. The second kappa shape index (κ2) is 14.6. The van der Waals surface area contributed by atoms with Gasteiger partial charge in [0.15, 0.2) is 0 Å². The quantitative estimate of drug-likeness (QED) is 0.500. The Kier molecular flexibility index (Phi) is 13.9. The Morgan fingerprint density at radius 2 is 1.74 bits per heavy atom. The lowest BCUT2D eigenvalue weighted by Gasteiger charge is -2.14. The van der Waals surface area contributed by atoms with Crippen molar-refractivity contribution in [2.45, 2.75) is 12.8 Å². The smallest absolute Gasteiger partial charge is 0.251 e. The second-order valence-electron chi connectivity index (χ2n) is 6.10. The van der Waals surface area contributed by atoms with Crippen LogP contribution in [0.1, 0.15) is 23.2 Å². The van der Waals surface area contributed by atoms with Gasteiger partial charge >= 0.3 is 0 Å². The van der Waals surface area contributed by atoms with Crippen LogP contribution in [0.15, 0.2) is 24.3 Å². The van der Waals surface area contributed by atoms with Gasteiger partial charge in [-0.2, -0.15) is 0 Å². The molecule has 0 unspecified atom stereocenters. The summed E-state index contributed by atoms with van der Waals surface area (Å²) in [4.78, 5) is 26.2. The maximum Gasteiger partial charge on any atom is 0.251 e. The van der Waals surface area contributed by atoms with Gasteiger partial charge in [0.2, 0.25) is 5.91 Å². The highest BCUT2D eigenvalue weighted by Gasteiger charge is 2.11. The number of carbonyl (C=O) groups is 2. The van der Waals surface area contributed by atoms with Gasteiger partial charge in [0.25, 0.3) is 5.91 Å². The fourth-order valence-electron chi connectivity index (χ4n) is 2.72. The van der Waals surface area contributed by atoms with Crippen LogP contribution in [-0.2, 0) is 9.53 Å². The summed E-state index contributed by atoms with van der Waals surface area (Å²) >= 11 is 0. The van der Waals surface area contributed by atoms with E-state index >= 15 is 0 Å². The lowest BCUT2D eigenvalue weighted by Crippen LogP contribution is -2.33. The van der Waals surface area contributed by atoms with E-state index in [0.29, 0.717) is 30.9 Å². The van der Waals surface area contributed by atoms with Crippen molar-refractivity contribution in [2.75, 3.05) is 58.3 Å². The van der Waals surface area contributed by atoms with Crippen molar-refractivity contribution >= 4 is 42.3 Å². The minimum absolute atomic E-state index is 0. The lowest BCUT2D eigenvalue weighted by atomic mass is 10.2. The number of amides is 2. The Balaban J connectivity index is 0.00000338. The number of rotatable bonds is 10. The van der Waals surface area contributed by atoms with Gasteiger partial charge in [-0.1, -0.05) is 0 Å². The van der Waals surface area contributed by atoms with E-state index in [1.807, 2.05) is 0 Å². The maximum absolute atomic E-state index is 12.1. The molecule has 1 aromatic carbocycles. The number of benzene rings is 1. The molecule has 1 heterocycles. The average molecular weight is 421 g/mol. The van der Waals surface area contributed by atoms with Crippen molar-refractivity contribution in [3.8, 4) is 0 Å². The van der Waals surface area contributed by atoms with E-state index in [1.54, 1.807) is 31.4 Å². The van der Waals surface area contributed by atoms with Gasteiger partial charge < -0.3 is 25.6 Å². The molecule has 0 saturated carbocycles. The van der Waals surface area contributed by atoms with Crippen LogP contribution in [-0.4, -0.2) is 69.7 Å². The third-order valence-corrected chi connectivity index (χ3v) is 4.11. The standard InChI is InChI=1S/C18H28N4O3.2ClH/c1-25-13-9-19-14-17(23)21-16-6-4-15(5-7-16)18(24)20-8-12-22-10-2-3-11-22;;/h4-7,19H,2-3,8-14H2,1H3,(H,20,24)(H,21,23);2*1H. The Morgan fingerprint density at radius 1 is 1.07 bits per heavy atom. The number of nitrogens with zero attached hydrogens (tertiary/aromatic N) is 1. The second-order valence-corrected chi connectivity index (χ2v) is 6.10. The van der Waals surface area contributed by atoms with Gasteiger partial charge in [0, 0.05) is 38.0 Å². The normalized spacial score (nSPS) is 13.4. The summed E-state index contributed by atoms with van der Waals surface area (Å²) in [6.45, 7) is 5.23. The van der Waals surface area contributed by atoms with Crippen molar-refractivity contribution in [3.05, 3.63) is 29.8 Å². The molecule has 0 radical (unpaired) electrons. The molecule has 0 aromatic heterocycles. The Labute approximate surface area is 173 Å². The number of carbonyl (C=O) groups excluding carboxylic acids is 2. The molecule has 2 rings (SSSR count). The Bertz CT molecular complexity index is 552. The molecule has 1 saturated heterocycles. The fourth-order valence-corrected chi connectivity index (χ4v) is 2.72. The highest BCUT2D eigenvalue weighted by atomic mass is 35.5. The summed E-state index contributed by atoms with van der Waals surface area (Å²) in [6.07, 6.45) is 2.51. The van der Waals surface area contributed by atoms with Crippen molar-refractivity contribution in [1.29, 1.82) is 0 Å². The fraction of sp³-hybridized carbons (Fsp3) is 0.556. The predicted molar refractivity (Wildman–Crippen MR) is 112 cm³/mol. The molecular formula is C18H30Cl2N4O3. The minimum Gasteiger partial charge on any atom is -0.383 e. The van der Waals surface area contributed by atoms with Crippen LogP contribution in [0.4, 0.5) is 5.69 Å². The van der Waals surface area contributed by atoms with E-state index in [2.05, 4.69) is 20.9 Å². The molecule has 27 heavy (non-hydrogen) atoms. The number of hydrogen-bond donors (Lipinski definition) is 3. The number of halogens is 2. The first-order valence-electron chi connectivity index (χ1n) is 8.79. The topological polar surface area (TPSA) is 82.7 Å². The van der Waals surface area contributed by atoms with Crippen LogP contribution in [0.5, 0.6) is 0 Å². The zero-order chi connectivity index (χ0) is 17.9. The number of anilines is 1. The first-order valence-corrected chi connectivity index (χ1v) is 8.79. The van der Waals surface area contributed by atoms with Crippen molar-refractivity contribution in [1.82, 2.24) is 15.5 Å². The van der Waals surface area contributed by atoms with E-state index in [9.17, 15) is 9.59 Å². The molecule has 7 nitrogen and oxygen atoms in total. The molecule has 1 aromatic rings. The van der Waals surface area contributed by atoms with E-state index in [0.717, 1.165) is 19.6 Å². The highest BCUT2D eigenvalue weighted by molar-refractivity contribution is 5.96. The largest absolute Gasteiger partial charge is 0.383 e. The third-order valence-electron chi connectivity index (χ3n) is 4.11. The molecule has 2 amide bonds. The number of hydrogen-bond acceptors (Lipinski definition) is 5. The lowest BCUT2D eigenvalue weighted by molar-refractivity contribution is -0.115. The zero-order valence-corrected chi connectivity index (χ0v) is 17.3. The molecule has 0 bridgehead atoms. The van der Waals surface area contributed by atoms with E-state index in [4.69, 9.17) is 4.74 Å². The predicted octanol–water partition coefficient (Wildman–Crippen LogP) is 1.53. The van der Waals surface area contributed by atoms with Crippen LogP contribution in [0.25, 0.3) is 0 Å². The average Bonchev–Trinajstić information content (AvgIpc) is 3.13. The summed E-state index contributed by atoms with van der Waals surface area (Å²) in [5.74, 6) is -0.211. The summed E-state index contributed by atoms with van der Waals surface area (Å²) in [7, 11) is 1.62. The van der Waals surface area contributed by atoms with E-state index < -0.39 is 0 Å². The first-order chi connectivity index (χ1) is 12.2. The Hall–Kier alpha value is -1.38. The number of methoxy groups -OCH3 is 1. The van der Waals surface area contributed by atoms with E-state index in [-0.39, 0.29) is 43.2 Å². The molecule has 1 fully saturated rings. The van der Waals surface area contributed by atoms with Crippen LogP contribution >= 0.6 is 24.8 Å². The zero-order valence-electron chi connectivity index (χ0n) is 15.7. The van der Waals surface area contributed by atoms with Crippen LogP contribution in [0.2, 0.25) is 0 Å². The molecule has 154 valence electrons. The number of likely N-dealkylation sites (tertiary alicyclic amines) is 1. The summed E-state index contributed by atoms with van der Waals surface area (Å²) in [5.41, 5.74) is 1.27. The van der Waals surface area contributed by atoms with Gasteiger partial charge in [-0.25, -0.2) is 0 Å². The Morgan fingerprint density at radius 3 is 2.37 bits per heavy atom. The minimum atomic E-state index is -0.126. The maximum atomic E-state index is 12.1. The first kappa shape index (κ1) is 25.6. The van der Waals surface area contributed by atoms with Gasteiger partial charge in [0.05, 0.1) is 13.2 Å². The van der Waals surface area contributed by atoms with Crippen LogP contribution in [0, 0.1) is 0 Å². The molecule has 0 atom stereocenters. The van der Waals surface area contributed by atoms with Gasteiger partial charge in [-0.05, 0) is 50.2 Å². The van der Waals surface area contributed by atoms with E-state index in [1.165, 1.54) is 12.8 Å². The molecule has 1 aliphatic rings. The van der Waals surface area contributed by atoms with Crippen molar-refractivity contribution < 1.29 is 14.3 Å². The molecule has 3 N–H and O–H groups in total. The number of ether oxygens (including phenoxy) is 1. The molecule has 0 aliphatic carbocycles. The molecule has 9 heteroatoms. The monoisotopic (exact) mass is 420 g/mol. The molecule has 0 spiro atoms. The summed E-state index contributed by atoms with van der Waals surface area (Å²) < 4.78 is 4.90. The van der Waals surface area contributed by atoms with Crippen LogP contribution in [0.3, 0.4) is 0 Å². The SMILES string of the molecule is COCCNCC(=O)Nc1ccc(C(=O)NCCN2CCCC2)cc1.Cl.Cl. The third kappa shape index (κ3) is 9.93.